The predicted octanol–water partition coefficient (Wildman–Crippen LogP) is 5.91. The highest BCUT2D eigenvalue weighted by molar-refractivity contribution is 5.21. The maximum Gasteiger partial charge on any atom is -0.00974 e. The van der Waals surface area contributed by atoms with Gasteiger partial charge in [-0.2, -0.15) is 0 Å². The van der Waals surface area contributed by atoms with E-state index in [2.05, 4.69) is 39.0 Å². The van der Waals surface area contributed by atoms with Crippen LogP contribution >= 0.6 is 0 Å². The van der Waals surface area contributed by atoms with Crippen LogP contribution in [-0.2, 0) is 5.41 Å². The van der Waals surface area contributed by atoms with E-state index in [1.54, 1.807) is 0 Å². The fourth-order valence-electron chi connectivity index (χ4n) is 2.47. The summed E-state index contributed by atoms with van der Waals surface area (Å²) in [4.78, 5) is 0. The molecule has 0 aliphatic heterocycles. The summed E-state index contributed by atoms with van der Waals surface area (Å²) in [6.07, 6.45) is 11.0. The van der Waals surface area contributed by atoms with E-state index in [0.717, 1.165) is 0 Å². The first-order valence-corrected chi connectivity index (χ1v) is 7.64. The van der Waals surface area contributed by atoms with Gasteiger partial charge in [-0.05, 0) is 23.5 Å². The Hall–Kier alpha value is -0.780. The van der Waals surface area contributed by atoms with Crippen molar-refractivity contribution in [3.8, 4) is 0 Å². The van der Waals surface area contributed by atoms with Crippen LogP contribution in [0.15, 0.2) is 24.3 Å². The molecule has 1 radical (unpaired) electrons. The zero-order valence-corrected chi connectivity index (χ0v) is 12.5. The van der Waals surface area contributed by atoms with Gasteiger partial charge in [0.15, 0.2) is 0 Å². The molecule has 0 nitrogen and oxygen atoms in total. The monoisotopic (exact) mass is 245 g/mol. The third-order valence-corrected chi connectivity index (χ3v) is 3.84. The summed E-state index contributed by atoms with van der Waals surface area (Å²) in [6, 6.07) is 11.8. The van der Waals surface area contributed by atoms with Crippen LogP contribution in [0.25, 0.3) is 0 Å². The summed E-state index contributed by atoms with van der Waals surface area (Å²) in [5.41, 5.74) is 1.64. The second-order valence-electron chi connectivity index (χ2n) is 6.03. The minimum atomic E-state index is 0.282. The summed E-state index contributed by atoms with van der Waals surface area (Å²) in [5.74, 6) is 0. The van der Waals surface area contributed by atoms with Gasteiger partial charge in [0, 0.05) is 0 Å². The molecule has 0 saturated carbocycles. The lowest BCUT2D eigenvalue weighted by atomic mass is 9.80. The number of hydrogen-bond donors (Lipinski definition) is 0. The van der Waals surface area contributed by atoms with Gasteiger partial charge in [-0.3, -0.25) is 0 Å². The summed E-state index contributed by atoms with van der Waals surface area (Å²) < 4.78 is 0. The van der Waals surface area contributed by atoms with Crippen LogP contribution in [0, 0.1) is 6.07 Å². The molecular weight excluding hydrogens is 216 g/mol. The van der Waals surface area contributed by atoms with Crippen molar-refractivity contribution < 1.29 is 0 Å². The maximum atomic E-state index is 3.38. The van der Waals surface area contributed by atoms with Crippen molar-refractivity contribution in [1.29, 1.82) is 0 Å². The highest BCUT2D eigenvalue weighted by Crippen LogP contribution is 2.28. The van der Waals surface area contributed by atoms with Crippen LogP contribution in [0.2, 0.25) is 0 Å². The van der Waals surface area contributed by atoms with Gasteiger partial charge in [-0.25, -0.2) is 0 Å². The smallest absolute Gasteiger partial charge is 0.00974 e. The normalized spacial score (nSPS) is 11.7. The molecule has 0 aromatic heterocycles. The Morgan fingerprint density at radius 2 is 1.61 bits per heavy atom. The Labute approximate surface area is 114 Å². The lowest BCUT2D eigenvalue weighted by Gasteiger charge is -2.25. The molecule has 0 spiro atoms. The predicted molar refractivity (Wildman–Crippen MR) is 80.9 cm³/mol. The Balaban J connectivity index is 2.18. The molecule has 0 saturated heterocycles. The molecule has 0 N–H and O–H groups in total. The third-order valence-electron chi connectivity index (χ3n) is 3.84. The summed E-state index contributed by atoms with van der Waals surface area (Å²) in [7, 11) is 0. The Bertz CT molecular complexity index is 297. The molecule has 1 aromatic rings. The molecule has 0 amide bonds. The lowest BCUT2D eigenvalue weighted by molar-refractivity contribution is 0.441. The van der Waals surface area contributed by atoms with Crippen molar-refractivity contribution in [2.24, 2.45) is 0 Å². The molecule has 101 valence electrons. The van der Waals surface area contributed by atoms with Crippen molar-refractivity contribution in [2.45, 2.75) is 77.6 Å². The molecule has 1 rings (SSSR count). The van der Waals surface area contributed by atoms with E-state index in [4.69, 9.17) is 0 Å². The quantitative estimate of drug-likeness (QED) is 0.475. The van der Waals surface area contributed by atoms with Crippen LogP contribution < -0.4 is 0 Å². The van der Waals surface area contributed by atoms with Crippen LogP contribution in [0.5, 0.6) is 0 Å². The van der Waals surface area contributed by atoms with Crippen LogP contribution in [0.1, 0.15) is 77.7 Å². The average molecular weight is 245 g/mol. The first-order chi connectivity index (χ1) is 8.67. The topological polar surface area (TPSA) is 0 Å². The molecule has 0 bridgehead atoms. The van der Waals surface area contributed by atoms with Gasteiger partial charge in [0.05, 0.1) is 0 Å². The second-order valence-corrected chi connectivity index (χ2v) is 6.03. The summed E-state index contributed by atoms with van der Waals surface area (Å²) in [5, 5.41) is 0. The van der Waals surface area contributed by atoms with Crippen molar-refractivity contribution >= 4 is 0 Å². The van der Waals surface area contributed by atoms with E-state index in [0.29, 0.717) is 0 Å². The first-order valence-electron chi connectivity index (χ1n) is 7.64. The molecule has 0 aliphatic rings. The first kappa shape index (κ1) is 15.3. The van der Waals surface area contributed by atoms with E-state index in [1.165, 1.54) is 56.9 Å². The molecule has 0 fully saturated rings. The summed E-state index contributed by atoms with van der Waals surface area (Å²) in [6.45, 7) is 6.96. The van der Waals surface area contributed by atoms with E-state index in [-0.39, 0.29) is 5.41 Å². The Kier molecular flexibility index (Phi) is 7.08. The van der Waals surface area contributed by atoms with Crippen molar-refractivity contribution in [1.82, 2.24) is 0 Å². The van der Waals surface area contributed by atoms with Gasteiger partial charge in [-0.15, -0.1) is 0 Å². The minimum Gasteiger partial charge on any atom is -0.0654 e. The van der Waals surface area contributed by atoms with Gasteiger partial charge in [0.2, 0.25) is 0 Å². The van der Waals surface area contributed by atoms with Gasteiger partial charge in [-0.1, -0.05) is 90.0 Å². The number of benzene rings is 1. The Morgan fingerprint density at radius 3 is 2.22 bits per heavy atom. The molecule has 0 heterocycles. The third kappa shape index (κ3) is 5.71. The SMILES string of the molecule is CCCCCCCCCC(C)(C)c1[c]cccc1. The number of rotatable bonds is 9. The number of unbranched alkanes of at least 4 members (excludes halogenated alkanes) is 6. The molecule has 18 heavy (non-hydrogen) atoms. The van der Waals surface area contributed by atoms with Gasteiger partial charge in [0.25, 0.3) is 0 Å². The van der Waals surface area contributed by atoms with Gasteiger partial charge >= 0.3 is 0 Å². The van der Waals surface area contributed by atoms with E-state index in [9.17, 15) is 0 Å². The van der Waals surface area contributed by atoms with E-state index < -0.39 is 0 Å². The average Bonchev–Trinajstić information content (AvgIpc) is 2.39. The second kappa shape index (κ2) is 8.34. The largest absolute Gasteiger partial charge is 0.0654 e. The van der Waals surface area contributed by atoms with Crippen molar-refractivity contribution in [2.75, 3.05) is 0 Å². The van der Waals surface area contributed by atoms with Crippen LogP contribution in [0.4, 0.5) is 0 Å². The van der Waals surface area contributed by atoms with Crippen molar-refractivity contribution in [3.05, 3.63) is 35.9 Å². The fourth-order valence-corrected chi connectivity index (χ4v) is 2.47. The standard InChI is InChI=1S/C18H29/c1-4-5-6-7-8-9-13-16-18(2,3)17-14-11-10-12-15-17/h10-12,14H,4-9,13,16H2,1-3H3. The van der Waals surface area contributed by atoms with E-state index in [1.807, 2.05) is 12.1 Å². The lowest BCUT2D eigenvalue weighted by Crippen LogP contribution is -2.16. The Morgan fingerprint density at radius 1 is 0.944 bits per heavy atom. The van der Waals surface area contributed by atoms with Crippen LogP contribution in [-0.4, -0.2) is 0 Å². The molecule has 0 unspecified atom stereocenters. The molecule has 0 atom stereocenters. The van der Waals surface area contributed by atoms with Gasteiger partial charge < -0.3 is 0 Å². The highest BCUT2D eigenvalue weighted by atomic mass is 14.2. The van der Waals surface area contributed by atoms with E-state index >= 15 is 0 Å². The van der Waals surface area contributed by atoms with Crippen LogP contribution in [0.3, 0.4) is 0 Å². The van der Waals surface area contributed by atoms with Gasteiger partial charge in [0.1, 0.15) is 0 Å². The maximum absolute atomic E-state index is 3.38. The molecule has 0 heteroatoms. The fraction of sp³-hybridized carbons (Fsp3) is 0.667. The molecule has 1 aromatic carbocycles. The minimum absolute atomic E-state index is 0.282. The molecular formula is C18H29. The zero-order chi connectivity index (χ0) is 13.3. The zero-order valence-electron chi connectivity index (χ0n) is 12.5. The molecule has 0 aliphatic carbocycles. The van der Waals surface area contributed by atoms with Crippen molar-refractivity contribution in [3.63, 3.8) is 0 Å². The highest BCUT2D eigenvalue weighted by Gasteiger charge is 2.19. The number of hydrogen-bond acceptors (Lipinski definition) is 0. The summed E-state index contributed by atoms with van der Waals surface area (Å²) >= 11 is 0.